The van der Waals surface area contributed by atoms with Gasteiger partial charge in [-0.25, -0.2) is 54.2 Å². The van der Waals surface area contributed by atoms with Crippen molar-refractivity contribution in [3.63, 3.8) is 0 Å². The lowest BCUT2D eigenvalue weighted by Gasteiger charge is -2.23. The smallest absolute Gasteiger partial charge is 0.183 e. The summed E-state index contributed by atoms with van der Waals surface area (Å²) in [5, 5.41) is 82.8. The summed E-state index contributed by atoms with van der Waals surface area (Å²) in [4.78, 5) is 46.8. The zero-order valence-corrected chi connectivity index (χ0v) is 87.4. The van der Waals surface area contributed by atoms with Gasteiger partial charge in [-0.05, 0) is 260 Å². The van der Waals surface area contributed by atoms with Gasteiger partial charge in [-0.2, -0.15) is 0 Å². The van der Waals surface area contributed by atoms with E-state index in [1.54, 1.807) is 58.3 Å². The molecule has 0 spiro atoms. The molecule has 0 amide bonds. The van der Waals surface area contributed by atoms with Gasteiger partial charge in [-0.3, -0.25) is 0 Å². The van der Waals surface area contributed by atoms with Crippen molar-refractivity contribution in [2.45, 2.75) is 271 Å². The molecule has 0 bridgehead atoms. The molecule has 5 aromatic carbocycles. The Balaban J connectivity index is 0.000000161. The van der Waals surface area contributed by atoms with Crippen molar-refractivity contribution in [2.75, 3.05) is 26.6 Å². The Hall–Kier alpha value is -10.2. The van der Waals surface area contributed by atoms with Crippen LogP contribution in [0.1, 0.15) is 206 Å². The van der Waals surface area contributed by atoms with Crippen molar-refractivity contribution in [2.24, 2.45) is 0 Å². The van der Waals surface area contributed by atoms with E-state index in [-0.39, 0.29) is 72.6 Å². The number of ether oxygens (including phenoxy) is 5. The quantitative estimate of drug-likeness (QED) is 0.0254. The van der Waals surface area contributed by atoms with Gasteiger partial charge in [0, 0.05) is 124 Å². The topological polar surface area (TPSA) is 336 Å². The van der Waals surface area contributed by atoms with E-state index in [1.807, 2.05) is 224 Å². The lowest BCUT2D eigenvalue weighted by atomic mass is 10.0. The number of nitrogens with one attached hydrogen (secondary N) is 5. The maximum Gasteiger partial charge on any atom is 0.183 e. The molecular weight excluding hydrogens is 1880 g/mol. The molecule has 10 heterocycles. The van der Waals surface area contributed by atoms with Gasteiger partial charge in [0.05, 0.1) is 88.6 Å². The van der Waals surface area contributed by atoms with Gasteiger partial charge in [-0.1, -0.05) is 41.9 Å². The molecule has 0 radical (unpaired) electrons. The Morgan fingerprint density at radius 3 is 0.918 bits per heavy atom. The molecular formula is C101H124BrClFN15O10S5. The standard InChI is InChI=1S/C21H27N3O2S.C20H24BrN3O2S.C20H24ClN3O2S.C20H24FN3O2S.C20H25N3O2S/c1-12(2)22-20-24-17(11-27-20)16-9-18(26-21(4,5)6)15-8-7-14(10-25)13(3)19(15)23-16;3*1-11(2)22-19-24-15(10-27-19)14-8-16(26-20(3,4)5)13-7-6-12(9-25)17(21)18(13)23-14;1-12(2)21-19-23-17(11-26-19)16-9-18(25-20(3,4)5)14-7-6-13(10-24)8-15(14)22-16/h7-9,11-12,25H,10H2,1-6H3,(H,22,24);3*6-8,10-11,25H,9H2,1-5H3,(H,22,24);6-9,11-12,24H,10H2,1-5H3,(H,21,23). The van der Waals surface area contributed by atoms with Crippen LogP contribution < -0.4 is 50.3 Å². The van der Waals surface area contributed by atoms with Crippen LogP contribution in [0.2, 0.25) is 5.02 Å². The number of hydrogen-bond donors (Lipinski definition) is 10. The van der Waals surface area contributed by atoms with Gasteiger partial charge in [-0.15, -0.1) is 56.7 Å². The van der Waals surface area contributed by atoms with Gasteiger partial charge in [0.2, 0.25) is 0 Å². The molecule has 0 saturated heterocycles. The van der Waals surface area contributed by atoms with Crippen molar-refractivity contribution >= 4 is 164 Å². The number of pyridine rings is 5. The molecule has 0 fully saturated rings. The summed E-state index contributed by atoms with van der Waals surface area (Å²) in [5.74, 6) is 3.00. The van der Waals surface area contributed by atoms with Crippen molar-refractivity contribution < 1.29 is 53.6 Å². The van der Waals surface area contributed by atoms with Crippen LogP contribution >= 0.6 is 84.2 Å². The number of aliphatic hydroxyl groups is 5. The van der Waals surface area contributed by atoms with Gasteiger partial charge in [0.25, 0.3) is 0 Å². The number of hydrogen-bond acceptors (Lipinski definition) is 30. The first-order valence-electron chi connectivity index (χ1n) is 44.3. The summed E-state index contributed by atoms with van der Waals surface area (Å²) in [6.07, 6.45) is 0. The molecule has 10 N–H and O–H groups in total. The van der Waals surface area contributed by atoms with E-state index >= 15 is 0 Å². The van der Waals surface area contributed by atoms with E-state index in [0.717, 1.165) is 148 Å². The number of benzene rings is 5. The highest BCUT2D eigenvalue weighted by Crippen LogP contribution is 2.44. The fraction of sp³-hybridized carbons (Fsp3) is 0.406. The van der Waals surface area contributed by atoms with Gasteiger partial charge in [0.15, 0.2) is 31.5 Å². The molecule has 714 valence electrons. The second-order valence-corrected chi connectivity index (χ2v) is 43.9. The molecule has 0 aliphatic carbocycles. The first kappa shape index (κ1) is 104. The fourth-order valence-corrected chi connectivity index (χ4v) is 18.5. The molecule has 0 saturated carbocycles. The monoisotopic (exact) mass is 2000 g/mol. The van der Waals surface area contributed by atoms with Crippen LogP contribution in [0.15, 0.2) is 128 Å². The highest BCUT2D eigenvalue weighted by atomic mass is 79.9. The largest absolute Gasteiger partial charge is 0.487 e. The maximum absolute atomic E-state index is 14.8. The molecule has 134 heavy (non-hydrogen) atoms. The van der Waals surface area contributed by atoms with Crippen molar-refractivity contribution in [1.82, 2.24) is 49.8 Å². The van der Waals surface area contributed by atoms with E-state index in [9.17, 15) is 29.9 Å². The van der Waals surface area contributed by atoms with Crippen molar-refractivity contribution in [1.29, 1.82) is 0 Å². The Morgan fingerprint density at radius 1 is 0.321 bits per heavy atom. The van der Waals surface area contributed by atoms with Crippen molar-refractivity contribution in [3.05, 3.63) is 173 Å². The third-order valence-corrected chi connectivity index (χ3v) is 24.0. The third-order valence-electron chi connectivity index (χ3n) is 18.9. The normalized spacial score (nSPS) is 12.0. The summed E-state index contributed by atoms with van der Waals surface area (Å²) < 4.78 is 46.5. The number of fused-ring (bicyclic) bond motifs is 5. The molecule has 15 rings (SSSR count). The molecule has 15 aromatic rings. The minimum absolute atomic E-state index is 0.0116. The number of anilines is 5. The Bertz CT molecular complexity index is 5950. The lowest BCUT2D eigenvalue weighted by Crippen LogP contribution is -2.23. The summed E-state index contributed by atoms with van der Waals surface area (Å²) in [6.45, 7) is 52.1. The summed E-state index contributed by atoms with van der Waals surface area (Å²) in [7, 11) is 0. The Kier molecular flexibility index (Phi) is 34.5. The Labute approximate surface area is 817 Å². The predicted molar refractivity (Wildman–Crippen MR) is 557 cm³/mol. The summed E-state index contributed by atoms with van der Waals surface area (Å²) in [6, 6.07) is 31.5. The molecule has 33 heteroatoms. The molecule has 0 unspecified atom stereocenters. The zero-order valence-electron chi connectivity index (χ0n) is 81.0. The van der Waals surface area contributed by atoms with Crippen LogP contribution in [0.4, 0.5) is 30.0 Å². The first-order chi connectivity index (χ1) is 62.9. The number of nitrogens with zero attached hydrogens (tertiary/aromatic N) is 10. The third kappa shape index (κ3) is 28.3. The predicted octanol–water partition coefficient (Wildman–Crippen LogP) is 26.1. The van der Waals surface area contributed by atoms with E-state index < -0.39 is 11.4 Å². The SMILES string of the molecule is CC(C)Nc1nc(-c2cc(OC(C)(C)C)c3ccc(CO)c(Br)c3n2)cs1.CC(C)Nc1nc(-c2cc(OC(C)(C)C)c3ccc(CO)c(Cl)c3n2)cs1.CC(C)Nc1nc(-c2cc(OC(C)(C)C)c3ccc(CO)c(F)c3n2)cs1.CC(C)Nc1nc(-c2cc(OC(C)(C)C)c3ccc(CO)cc3n2)cs1.Cc1c(CO)ccc2c(OC(C)(C)C)cc(-c3csc(NC(C)C)n3)nc12. The van der Waals surface area contributed by atoms with Crippen LogP contribution in [0.5, 0.6) is 28.7 Å². The number of aromatic nitrogens is 10. The summed E-state index contributed by atoms with van der Waals surface area (Å²) >= 11 is 17.8. The van der Waals surface area contributed by atoms with E-state index in [2.05, 4.69) is 128 Å². The molecule has 10 aromatic heterocycles. The van der Waals surface area contributed by atoms with Gasteiger partial charge in [0.1, 0.15) is 90.7 Å². The average Bonchev–Trinajstić information content (AvgIpc) is 1.25. The number of thiazole rings is 5. The number of aliphatic hydroxyl groups excluding tert-OH is 5. The van der Waals surface area contributed by atoms with Crippen LogP contribution in [-0.2, 0) is 33.0 Å². The Morgan fingerprint density at radius 2 is 0.590 bits per heavy atom. The fourth-order valence-electron chi connectivity index (χ4n) is 13.4. The minimum Gasteiger partial charge on any atom is -0.487 e. The highest BCUT2D eigenvalue weighted by molar-refractivity contribution is 9.10. The zero-order chi connectivity index (χ0) is 98.0. The van der Waals surface area contributed by atoms with Gasteiger partial charge < -0.3 is 75.8 Å². The molecule has 0 aliphatic rings. The maximum atomic E-state index is 14.8. The average molecular weight is 2000 g/mol. The highest BCUT2D eigenvalue weighted by Gasteiger charge is 2.28. The van der Waals surface area contributed by atoms with E-state index in [0.29, 0.717) is 74.2 Å². The number of halogens is 3. The lowest BCUT2D eigenvalue weighted by molar-refractivity contribution is 0.132. The van der Waals surface area contributed by atoms with Gasteiger partial charge >= 0.3 is 0 Å². The van der Waals surface area contributed by atoms with Crippen molar-refractivity contribution in [3.8, 4) is 85.7 Å². The van der Waals surface area contributed by atoms with Crippen LogP contribution in [0.3, 0.4) is 0 Å². The first-order valence-corrected chi connectivity index (χ1v) is 49.9. The number of aryl methyl sites for hydroxylation is 1. The second-order valence-electron chi connectivity index (χ2n) is 38.5. The van der Waals surface area contributed by atoms with Crippen LogP contribution in [-0.4, -0.2) is 134 Å². The van der Waals surface area contributed by atoms with Crippen LogP contribution in [0, 0.1) is 12.7 Å². The van der Waals surface area contributed by atoms with E-state index in [1.165, 1.54) is 22.7 Å². The molecule has 25 nitrogen and oxygen atoms in total. The second kappa shape index (κ2) is 44.3. The minimum atomic E-state index is -0.536. The van der Waals surface area contributed by atoms with Crippen LogP contribution in [0.25, 0.3) is 111 Å². The number of rotatable bonds is 25. The van der Waals surface area contributed by atoms with E-state index in [4.69, 9.17) is 55.2 Å². The molecule has 0 atom stereocenters. The summed E-state index contributed by atoms with van der Waals surface area (Å²) in [5.41, 5.74) is 12.9. The molecule has 0 aliphatic heterocycles.